The van der Waals surface area contributed by atoms with Gasteiger partial charge in [0.05, 0.1) is 5.60 Å². The zero-order valence-electron chi connectivity index (χ0n) is 10.0. The van der Waals surface area contributed by atoms with Gasteiger partial charge in [-0.1, -0.05) is 47.3 Å². The largest absolute Gasteiger partial charge is 0.389 e. The summed E-state index contributed by atoms with van der Waals surface area (Å²) >= 11 is 3.43. The minimum atomic E-state index is -0.596. The third-order valence-electron chi connectivity index (χ3n) is 3.88. The monoisotopic (exact) mass is 297 g/mol. The van der Waals surface area contributed by atoms with E-state index in [0.717, 1.165) is 35.7 Å². The van der Waals surface area contributed by atoms with E-state index in [1.54, 1.807) is 0 Å². The van der Waals surface area contributed by atoms with Crippen molar-refractivity contribution in [3.63, 3.8) is 0 Å². The summed E-state index contributed by atoms with van der Waals surface area (Å²) in [6.45, 7) is 0.512. The lowest BCUT2D eigenvalue weighted by atomic mass is 9.73. The Bertz CT molecular complexity index is 357. The van der Waals surface area contributed by atoms with Crippen LogP contribution in [0.15, 0.2) is 28.7 Å². The van der Waals surface area contributed by atoms with Crippen LogP contribution in [0.4, 0.5) is 0 Å². The molecule has 1 aliphatic rings. The van der Waals surface area contributed by atoms with Crippen molar-refractivity contribution in [1.29, 1.82) is 0 Å². The van der Waals surface area contributed by atoms with Crippen LogP contribution < -0.4 is 5.73 Å². The summed E-state index contributed by atoms with van der Waals surface area (Å²) in [5, 5.41) is 10.8. The molecule has 2 nitrogen and oxygen atoms in total. The van der Waals surface area contributed by atoms with Crippen molar-refractivity contribution in [2.75, 3.05) is 6.54 Å². The molecular weight excluding hydrogens is 278 g/mol. The fraction of sp³-hybridized carbons (Fsp3) is 0.571. The molecular formula is C14H20BrNO. The summed E-state index contributed by atoms with van der Waals surface area (Å²) < 4.78 is 1.06. The highest BCUT2D eigenvalue weighted by molar-refractivity contribution is 9.10. The van der Waals surface area contributed by atoms with E-state index < -0.39 is 5.60 Å². The predicted octanol–water partition coefficient (Wildman–Crippen LogP) is 3.19. The van der Waals surface area contributed by atoms with Crippen molar-refractivity contribution < 1.29 is 5.11 Å². The molecule has 0 bridgehead atoms. The lowest BCUT2D eigenvalue weighted by Gasteiger charge is -2.39. The lowest BCUT2D eigenvalue weighted by molar-refractivity contribution is -0.0194. The molecule has 2 rings (SSSR count). The van der Waals surface area contributed by atoms with Crippen LogP contribution >= 0.6 is 15.9 Å². The van der Waals surface area contributed by atoms with E-state index in [1.165, 1.54) is 6.42 Å². The van der Waals surface area contributed by atoms with Gasteiger partial charge in [-0.15, -0.1) is 0 Å². The van der Waals surface area contributed by atoms with Gasteiger partial charge in [0.15, 0.2) is 0 Å². The van der Waals surface area contributed by atoms with Crippen molar-refractivity contribution >= 4 is 15.9 Å². The van der Waals surface area contributed by atoms with E-state index in [-0.39, 0.29) is 5.92 Å². The van der Waals surface area contributed by atoms with Crippen LogP contribution in [-0.4, -0.2) is 17.3 Å². The first-order chi connectivity index (χ1) is 8.15. The number of benzene rings is 1. The second-order valence-corrected chi connectivity index (χ2v) is 5.92. The van der Waals surface area contributed by atoms with Crippen LogP contribution in [0.3, 0.4) is 0 Å². The van der Waals surface area contributed by atoms with E-state index in [0.29, 0.717) is 6.54 Å². The van der Waals surface area contributed by atoms with Crippen molar-refractivity contribution in [3.8, 4) is 0 Å². The number of aliphatic hydroxyl groups is 1. The number of hydrogen-bond acceptors (Lipinski definition) is 2. The molecule has 1 fully saturated rings. The van der Waals surface area contributed by atoms with Crippen LogP contribution in [0.1, 0.15) is 43.6 Å². The van der Waals surface area contributed by atoms with Crippen LogP contribution in [0.25, 0.3) is 0 Å². The fourth-order valence-corrected chi connectivity index (χ4v) is 3.14. The Morgan fingerprint density at radius 3 is 2.29 bits per heavy atom. The maximum absolute atomic E-state index is 10.8. The molecule has 1 aromatic rings. The molecule has 94 valence electrons. The molecule has 0 aliphatic heterocycles. The SMILES string of the molecule is NCC(c1ccc(Br)cc1)C1(O)CCCCC1. The predicted molar refractivity (Wildman–Crippen MR) is 74.0 cm³/mol. The molecule has 3 N–H and O–H groups in total. The van der Waals surface area contributed by atoms with Crippen LogP contribution in [0, 0.1) is 0 Å². The topological polar surface area (TPSA) is 46.2 Å². The summed E-state index contributed by atoms with van der Waals surface area (Å²) in [7, 11) is 0. The van der Waals surface area contributed by atoms with Crippen LogP contribution in [-0.2, 0) is 0 Å². The molecule has 1 saturated carbocycles. The Morgan fingerprint density at radius 1 is 1.18 bits per heavy atom. The first-order valence-corrected chi connectivity index (χ1v) is 7.13. The summed E-state index contributed by atoms with van der Waals surface area (Å²) in [5.41, 5.74) is 6.44. The average molecular weight is 298 g/mol. The Labute approximate surface area is 111 Å². The number of nitrogens with two attached hydrogens (primary N) is 1. The quantitative estimate of drug-likeness (QED) is 0.900. The minimum absolute atomic E-state index is 0.0656. The highest BCUT2D eigenvalue weighted by Gasteiger charge is 2.37. The molecule has 0 amide bonds. The van der Waals surface area contributed by atoms with Gasteiger partial charge in [-0.3, -0.25) is 0 Å². The smallest absolute Gasteiger partial charge is 0.0728 e. The van der Waals surface area contributed by atoms with Gasteiger partial charge >= 0.3 is 0 Å². The third kappa shape index (κ3) is 2.90. The molecule has 0 saturated heterocycles. The Kier molecular flexibility index (Phi) is 4.23. The Morgan fingerprint density at radius 2 is 1.76 bits per heavy atom. The summed E-state index contributed by atoms with van der Waals surface area (Å²) in [5.74, 6) is 0.0656. The van der Waals surface area contributed by atoms with Gasteiger partial charge in [0.25, 0.3) is 0 Å². The lowest BCUT2D eigenvalue weighted by Crippen LogP contribution is -2.41. The van der Waals surface area contributed by atoms with Gasteiger partial charge in [0, 0.05) is 16.9 Å². The average Bonchev–Trinajstić information content (AvgIpc) is 2.33. The van der Waals surface area contributed by atoms with E-state index in [2.05, 4.69) is 28.1 Å². The molecule has 3 heteroatoms. The molecule has 0 aromatic heterocycles. The zero-order valence-corrected chi connectivity index (χ0v) is 11.6. The van der Waals surface area contributed by atoms with Crippen LogP contribution in [0.2, 0.25) is 0 Å². The van der Waals surface area contributed by atoms with Crippen molar-refractivity contribution in [2.45, 2.75) is 43.6 Å². The second kappa shape index (κ2) is 5.51. The Balaban J connectivity index is 2.22. The van der Waals surface area contributed by atoms with Gasteiger partial charge in [-0.2, -0.15) is 0 Å². The highest BCUT2D eigenvalue weighted by atomic mass is 79.9. The maximum Gasteiger partial charge on any atom is 0.0728 e. The van der Waals surface area contributed by atoms with E-state index in [4.69, 9.17) is 5.73 Å². The molecule has 0 heterocycles. The normalized spacial score (nSPS) is 21.1. The highest BCUT2D eigenvalue weighted by Crippen LogP contribution is 2.39. The zero-order chi connectivity index (χ0) is 12.3. The van der Waals surface area contributed by atoms with E-state index in [9.17, 15) is 5.11 Å². The molecule has 1 aromatic carbocycles. The van der Waals surface area contributed by atoms with Gasteiger partial charge in [-0.25, -0.2) is 0 Å². The van der Waals surface area contributed by atoms with E-state index in [1.807, 2.05) is 12.1 Å². The van der Waals surface area contributed by atoms with Crippen molar-refractivity contribution in [3.05, 3.63) is 34.3 Å². The summed E-state index contributed by atoms with van der Waals surface area (Å²) in [6.07, 6.45) is 5.23. The van der Waals surface area contributed by atoms with Gasteiger partial charge < -0.3 is 10.8 Å². The summed E-state index contributed by atoms with van der Waals surface area (Å²) in [4.78, 5) is 0. The molecule has 1 unspecified atom stereocenters. The summed E-state index contributed by atoms with van der Waals surface area (Å²) in [6, 6.07) is 8.16. The standard InChI is InChI=1S/C14H20BrNO/c15-12-6-4-11(5-7-12)13(10-16)14(17)8-2-1-3-9-14/h4-7,13,17H,1-3,8-10,16H2. The van der Waals surface area contributed by atoms with Crippen molar-refractivity contribution in [2.24, 2.45) is 5.73 Å². The van der Waals surface area contributed by atoms with Gasteiger partial charge in [0.2, 0.25) is 0 Å². The molecule has 0 radical (unpaired) electrons. The molecule has 1 atom stereocenters. The third-order valence-corrected chi connectivity index (χ3v) is 4.40. The first kappa shape index (κ1) is 13.1. The fourth-order valence-electron chi connectivity index (χ4n) is 2.87. The Hall–Kier alpha value is -0.380. The van der Waals surface area contributed by atoms with E-state index >= 15 is 0 Å². The molecule has 17 heavy (non-hydrogen) atoms. The van der Waals surface area contributed by atoms with Crippen LogP contribution in [0.5, 0.6) is 0 Å². The molecule has 1 aliphatic carbocycles. The number of hydrogen-bond donors (Lipinski definition) is 2. The first-order valence-electron chi connectivity index (χ1n) is 6.33. The number of halogens is 1. The van der Waals surface area contributed by atoms with Gasteiger partial charge in [-0.05, 0) is 30.5 Å². The minimum Gasteiger partial charge on any atom is -0.389 e. The second-order valence-electron chi connectivity index (χ2n) is 5.00. The van der Waals surface area contributed by atoms with Gasteiger partial charge in [0.1, 0.15) is 0 Å². The maximum atomic E-state index is 10.8. The molecule has 0 spiro atoms. The number of rotatable bonds is 3. The van der Waals surface area contributed by atoms with Crippen molar-refractivity contribution in [1.82, 2.24) is 0 Å².